The van der Waals surface area contributed by atoms with Crippen molar-refractivity contribution in [3.05, 3.63) is 29.8 Å². The average molecular weight is 296 g/mol. The van der Waals surface area contributed by atoms with E-state index in [2.05, 4.69) is 5.32 Å². The lowest BCUT2D eigenvalue weighted by atomic mass is 10.1. The van der Waals surface area contributed by atoms with Crippen LogP contribution in [-0.2, 0) is 16.4 Å². The minimum Gasteiger partial charge on any atom is -0.319 e. The van der Waals surface area contributed by atoms with Crippen molar-refractivity contribution in [3.8, 4) is 0 Å². The second-order valence-corrected chi connectivity index (χ2v) is 7.35. The Balaban J connectivity index is 2.16. The van der Waals surface area contributed by atoms with Crippen molar-refractivity contribution >= 4 is 10.0 Å². The third kappa shape index (κ3) is 3.40. The molecule has 1 heterocycles. The van der Waals surface area contributed by atoms with Crippen LogP contribution in [-0.4, -0.2) is 38.9 Å². The van der Waals surface area contributed by atoms with E-state index in [9.17, 15) is 8.42 Å². The van der Waals surface area contributed by atoms with Gasteiger partial charge in [-0.25, -0.2) is 8.42 Å². The number of nitrogens with one attached hydrogen (secondary N) is 1. The monoisotopic (exact) mass is 296 g/mol. The molecule has 0 bridgehead atoms. The molecule has 2 rings (SSSR count). The lowest BCUT2D eigenvalue weighted by molar-refractivity contribution is 0.268. The largest absolute Gasteiger partial charge is 0.319 e. The van der Waals surface area contributed by atoms with Crippen LogP contribution >= 0.6 is 0 Å². The zero-order chi connectivity index (χ0) is 14.6. The number of nitrogens with zero attached hydrogens (tertiary/aromatic N) is 1. The van der Waals surface area contributed by atoms with Gasteiger partial charge in [-0.2, -0.15) is 4.31 Å². The normalized spacial score (nSPS) is 21.0. The molecular weight excluding hydrogens is 272 g/mol. The first kappa shape index (κ1) is 15.5. The Bertz CT molecular complexity index is 525. The summed E-state index contributed by atoms with van der Waals surface area (Å²) in [6.07, 6.45) is 3.95. The van der Waals surface area contributed by atoms with Crippen molar-refractivity contribution in [1.82, 2.24) is 9.62 Å². The Labute approximate surface area is 122 Å². The van der Waals surface area contributed by atoms with E-state index in [1.54, 1.807) is 16.4 Å². The van der Waals surface area contributed by atoms with Crippen LogP contribution in [0.1, 0.15) is 31.7 Å². The number of hydrogen-bond acceptors (Lipinski definition) is 3. The van der Waals surface area contributed by atoms with Gasteiger partial charge >= 0.3 is 0 Å². The number of likely N-dealkylation sites (N-methyl/N-ethyl adjacent to an activating group) is 1. The van der Waals surface area contributed by atoms with Gasteiger partial charge in [-0.15, -0.1) is 0 Å². The molecule has 1 aliphatic heterocycles. The molecule has 4 nitrogen and oxygen atoms in total. The van der Waals surface area contributed by atoms with E-state index in [0.29, 0.717) is 11.4 Å². The quantitative estimate of drug-likeness (QED) is 0.904. The zero-order valence-electron chi connectivity index (χ0n) is 12.3. The zero-order valence-corrected chi connectivity index (χ0v) is 13.1. The number of piperidine rings is 1. The summed E-state index contributed by atoms with van der Waals surface area (Å²) in [7, 11) is -1.42. The number of benzene rings is 1. The van der Waals surface area contributed by atoms with Gasteiger partial charge in [0.1, 0.15) is 0 Å². The van der Waals surface area contributed by atoms with E-state index in [1.807, 2.05) is 26.1 Å². The summed E-state index contributed by atoms with van der Waals surface area (Å²) in [6, 6.07) is 7.42. The van der Waals surface area contributed by atoms with Crippen molar-refractivity contribution in [2.75, 3.05) is 20.1 Å². The second kappa shape index (κ2) is 6.70. The van der Waals surface area contributed by atoms with Gasteiger partial charge in [0, 0.05) is 12.6 Å². The van der Waals surface area contributed by atoms with E-state index in [0.717, 1.165) is 37.8 Å². The van der Waals surface area contributed by atoms with Crippen molar-refractivity contribution in [1.29, 1.82) is 0 Å². The summed E-state index contributed by atoms with van der Waals surface area (Å²) in [6.45, 7) is 3.54. The van der Waals surface area contributed by atoms with Crippen molar-refractivity contribution in [2.45, 2.75) is 43.5 Å². The fourth-order valence-electron chi connectivity index (χ4n) is 2.66. The van der Waals surface area contributed by atoms with Gasteiger partial charge in [0.2, 0.25) is 10.0 Å². The molecule has 5 heteroatoms. The highest BCUT2D eigenvalue weighted by molar-refractivity contribution is 7.89. The predicted molar refractivity (Wildman–Crippen MR) is 81.3 cm³/mol. The predicted octanol–water partition coefficient (Wildman–Crippen LogP) is 2.01. The Hall–Kier alpha value is -0.910. The summed E-state index contributed by atoms with van der Waals surface area (Å²) in [5, 5.41) is 3.09. The maximum absolute atomic E-state index is 12.6. The van der Waals surface area contributed by atoms with E-state index >= 15 is 0 Å². The van der Waals surface area contributed by atoms with Crippen LogP contribution in [0.15, 0.2) is 29.2 Å². The molecule has 1 aromatic carbocycles. The van der Waals surface area contributed by atoms with Gasteiger partial charge in [0.15, 0.2) is 0 Å². The molecule has 0 aliphatic carbocycles. The molecule has 1 unspecified atom stereocenters. The Kier molecular flexibility index (Phi) is 5.18. The second-order valence-electron chi connectivity index (χ2n) is 5.46. The fourth-order valence-corrected chi connectivity index (χ4v) is 4.36. The van der Waals surface area contributed by atoms with Crippen LogP contribution in [0.25, 0.3) is 0 Å². The van der Waals surface area contributed by atoms with Gasteiger partial charge in [-0.1, -0.05) is 18.6 Å². The van der Waals surface area contributed by atoms with Gasteiger partial charge in [-0.3, -0.25) is 0 Å². The molecule has 1 atom stereocenters. The highest BCUT2D eigenvalue weighted by Crippen LogP contribution is 2.25. The Morgan fingerprint density at radius 2 is 1.95 bits per heavy atom. The molecule has 1 N–H and O–H groups in total. The van der Waals surface area contributed by atoms with Crippen molar-refractivity contribution in [3.63, 3.8) is 0 Å². The van der Waals surface area contributed by atoms with Crippen molar-refractivity contribution in [2.24, 2.45) is 0 Å². The highest BCUT2D eigenvalue weighted by Gasteiger charge is 2.30. The first-order valence-corrected chi connectivity index (χ1v) is 8.75. The molecule has 1 saturated heterocycles. The first-order chi connectivity index (χ1) is 9.55. The van der Waals surface area contributed by atoms with Gasteiger partial charge in [0.05, 0.1) is 4.90 Å². The van der Waals surface area contributed by atoms with Crippen LogP contribution in [0, 0.1) is 0 Å². The lowest BCUT2D eigenvalue weighted by Gasteiger charge is -2.32. The molecule has 20 heavy (non-hydrogen) atoms. The van der Waals surface area contributed by atoms with Crippen LogP contribution in [0.2, 0.25) is 0 Å². The molecular formula is C15H24N2O2S. The molecule has 1 fully saturated rings. The van der Waals surface area contributed by atoms with Gasteiger partial charge in [-0.05, 0) is 57.5 Å². The fraction of sp³-hybridized carbons (Fsp3) is 0.600. The summed E-state index contributed by atoms with van der Waals surface area (Å²) in [4.78, 5) is 0.416. The molecule has 1 aliphatic rings. The molecule has 1 aromatic rings. The van der Waals surface area contributed by atoms with Crippen LogP contribution < -0.4 is 5.32 Å². The molecule has 112 valence electrons. The minimum absolute atomic E-state index is 0.109. The third-order valence-electron chi connectivity index (χ3n) is 3.94. The van der Waals surface area contributed by atoms with Gasteiger partial charge < -0.3 is 5.32 Å². The lowest BCUT2D eigenvalue weighted by Crippen LogP contribution is -2.41. The maximum atomic E-state index is 12.6. The smallest absolute Gasteiger partial charge is 0.243 e. The van der Waals surface area contributed by atoms with Gasteiger partial charge in [0.25, 0.3) is 0 Å². The third-order valence-corrected chi connectivity index (χ3v) is 5.96. The van der Waals surface area contributed by atoms with Crippen LogP contribution in [0.5, 0.6) is 0 Å². The Morgan fingerprint density at radius 3 is 2.55 bits per heavy atom. The highest BCUT2D eigenvalue weighted by atomic mass is 32.2. The van der Waals surface area contributed by atoms with E-state index in [-0.39, 0.29) is 6.04 Å². The number of sulfonamides is 1. The van der Waals surface area contributed by atoms with Crippen LogP contribution in [0.4, 0.5) is 0 Å². The molecule has 0 amide bonds. The number of hydrogen-bond donors (Lipinski definition) is 1. The Morgan fingerprint density at radius 1 is 1.25 bits per heavy atom. The molecule has 0 radical (unpaired) electrons. The summed E-state index contributed by atoms with van der Waals surface area (Å²) >= 11 is 0. The first-order valence-electron chi connectivity index (χ1n) is 7.31. The summed E-state index contributed by atoms with van der Waals surface area (Å²) in [5.74, 6) is 0. The molecule has 0 aromatic heterocycles. The average Bonchev–Trinajstić information content (AvgIpc) is 2.46. The standard InChI is InChI=1S/C15H24N2O2S/c1-13-5-3-4-12-17(13)20(18,19)15-8-6-14(7-9-15)10-11-16-2/h6-9,13,16H,3-5,10-12H2,1-2H3. The SMILES string of the molecule is CNCCc1ccc(S(=O)(=O)N2CCCCC2C)cc1. The van der Waals surface area contributed by atoms with Crippen LogP contribution in [0.3, 0.4) is 0 Å². The molecule has 0 spiro atoms. The maximum Gasteiger partial charge on any atom is 0.243 e. The van der Waals surface area contributed by atoms with E-state index in [1.165, 1.54) is 0 Å². The van der Waals surface area contributed by atoms with E-state index < -0.39 is 10.0 Å². The molecule has 0 saturated carbocycles. The summed E-state index contributed by atoms with van der Waals surface area (Å²) < 4.78 is 26.9. The van der Waals surface area contributed by atoms with E-state index in [4.69, 9.17) is 0 Å². The summed E-state index contributed by atoms with van der Waals surface area (Å²) in [5.41, 5.74) is 1.16. The van der Waals surface area contributed by atoms with Crippen molar-refractivity contribution < 1.29 is 8.42 Å². The minimum atomic E-state index is -3.33. The number of rotatable bonds is 5. The topological polar surface area (TPSA) is 49.4 Å².